The number of aliphatic hydroxyl groups excluding tert-OH is 2. The van der Waals surface area contributed by atoms with Crippen LogP contribution in [0.25, 0.3) is 0 Å². The summed E-state index contributed by atoms with van der Waals surface area (Å²) in [5.41, 5.74) is -1.21. The van der Waals surface area contributed by atoms with Gasteiger partial charge in [-0.25, -0.2) is 50.5 Å². The Labute approximate surface area is 496 Å². The van der Waals surface area contributed by atoms with Crippen molar-refractivity contribution < 1.29 is 310 Å². The summed E-state index contributed by atoms with van der Waals surface area (Å²) >= 11 is 0. The monoisotopic (exact) mass is 1100 g/mol. The van der Waals surface area contributed by atoms with Crippen molar-refractivity contribution in [2.75, 3.05) is 13.2 Å². The van der Waals surface area contributed by atoms with Crippen LogP contribution in [0.4, 0.5) is 0 Å². The molecular formula is C20H22N2Na6O30S6. The van der Waals surface area contributed by atoms with Gasteiger partial charge in [0.25, 0.3) is 11.8 Å². The number of rotatable bonds is 18. The summed E-state index contributed by atoms with van der Waals surface area (Å²) < 4.78 is 236. The molecule has 334 valence electrons. The zero-order valence-electron chi connectivity index (χ0n) is 33.3. The molecule has 0 aliphatic carbocycles. The van der Waals surface area contributed by atoms with Gasteiger partial charge in [-0.15, -0.1) is 0 Å². The zero-order valence-corrected chi connectivity index (χ0v) is 50.2. The predicted octanol–water partition coefficient (Wildman–Crippen LogP) is -26.3. The molecule has 0 radical (unpaired) electrons. The standard InChI is InChI=1S/C20H28N2O30S6.6Na/c23-17(21-11-15(51-57(39,40)41)13(49-55(33,34)35)9(47-19(11)25)5-45-53(27,28)29)7-1-2-8(4-3-7)18(24)22-12-16(52-58(42,43)44)14(50-56(36,37)38)10(48-20(12)26)6-46-54(30,31)32;;;;;;/h1-4,9-16,19-20,25-26H,5-6H2,(H,21,23)(H,22,24)(H,27,28,29)(H,30,31,32)(H,33,34,35)(H,36,37,38)(H,39,40,41)(H,42,43,44);;;;;;/q;6*+1/p-6/t9-,10-,11-,12-,13-,14-,15-,16-,19+,20+;;;;;;/m1....../s1. The molecule has 2 heterocycles. The largest absolute Gasteiger partial charge is 1.00 e. The molecule has 2 amide bonds. The van der Waals surface area contributed by atoms with Crippen molar-refractivity contribution in [1.82, 2.24) is 10.6 Å². The number of hydrogen-bond acceptors (Lipinski definition) is 30. The van der Waals surface area contributed by atoms with Crippen LogP contribution in [-0.2, 0) is 97.0 Å². The van der Waals surface area contributed by atoms with Gasteiger partial charge in [0.2, 0.25) is 62.4 Å². The van der Waals surface area contributed by atoms with Crippen LogP contribution in [0.3, 0.4) is 0 Å². The van der Waals surface area contributed by atoms with E-state index in [9.17, 15) is 97.6 Å². The molecule has 0 spiro atoms. The third-order valence-electron chi connectivity index (χ3n) is 7.01. The van der Waals surface area contributed by atoms with Crippen molar-refractivity contribution in [3.8, 4) is 0 Å². The molecule has 4 N–H and O–H groups in total. The number of amides is 2. The maximum absolute atomic E-state index is 13.1. The second kappa shape index (κ2) is 29.8. The van der Waals surface area contributed by atoms with Crippen LogP contribution in [-0.4, -0.2) is 174 Å². The first-order chi connectivity index (χ1) is 26.1. The Morgan fingerprint density at radius 2 is 0.703 bits per heavy atom. The molecule has 2 fully saturated rings. The minimum atomic E-state index is -6.00. The van der Waals surface area contributed by atoms with Crippen molar-refractivity contribution >= 4 is 74.2 Å². The van der Waals surface area contributed by atoms with Crippen LogP contribution < -0.4 is 188 Å². The number of carbonyl (C=O) groups excluding carboxylic acids is 2. The number of benzene rings is 1. The van der Waals surface area contributed by atoms with Gasteiger partial charge >= 0.3 is 177 Å². The van der Waals surface area contributed by atoms with Gasteiger partial charge in [0.15, 0.2) is 12.6 Å². The molecule has 2 saturated heterocycles. The van der Waals surface area contributed by atoms with Gasteiger partial charge in [-0.3, -0.25) is 34.7 Å². The van der Waals surface area contributed by atoms with Crippen molar-refractivity contribution in [3.63, 3.8) is 0 Å². The van der Waals surface area contributed by atoms with Crippen LogP contribution in [0.2, 0.25) is 0 Å². The predicted molar refractivity (Wildman–Crippen MR) is 160 cm³/mol. The molecule has 32 nitrogen and oxygen atoms in total. The van der Waals surface area contributed by atoms with Gasteiger partial charge < -0.3 is 57.6 Å². The van der Waals surface area contributed by atoms with Gasteiger partial charge in [0.1, 0.15) is 48.7 Å². The van der Waals surface area contributed by atoms with E-state index in [4.69, 9.17) is 9.47 Å². The Morgan fingerprint density at radius 1 is 0.469 bits per heavy atom. The number of nitrogens with one attached hydrogen (secondary N) is 2. The molecular weight excluding hydrogens is 1080 g/mol. The van der Waals surface area contributed by atoms with Crippen molar-refractivity contribution in [1.29, 1.82) is 0 Å². The molecule has 64 heavy (non-hydrogen) atoms. The van der Waals surface area contributed by atoms with Crippen molar-refractivity contribution in [2.24, 2.45) is 0 Å². The number of hydrogen-bond donors (Lipinski definition) is 4. The van der Waals surface area contributed by atoms with Crippen molar-refractivity contribution in [3.05, 3.63) is 35.4 Å². The van der Waals surface area contributed by atoms with Crippen molar-refractivity contribution in [2.45, 2.75) is 61.3 Å². The SMILES string of the molecule is O=C(N[C@@H]1[C@@H](OS(=O)(=O)[O-])[C@H](OS(=O)(=O)[O-])[C@@H](COS(=O)(=O)[O-])O[C@@H]1O)c1ccc(C(=O)N[C@@H]2[C@@H](OS(=O)(=O)[O-])[C@H](OS(=O)(=O)[O-])[C@@H](COS(=O)(=O)[O-])O[C@@H]2O)cc1.[Na+].[Na+].[Na+].[Na+].[Na+].[Na+]. The van der Waals surface area contributed by atoms with Crippen LogP contribution in [0, 0.1) is 0 Å². The summed E-state index contributed by atoms with van der Waals surface area (Å²) in [5, 5.41) is 24.5. The molecule has 0 aromatic heterocycles. The van der Waals surface area contributed by atoms with Gasteiger partial charge in [0.05, 0.1) is 13.2 Å². The first kappa shape index (κ1) is 73.8. The second-order valence-electron chi connectivity index (χ2n) is 11.0. The first-order valence-corrected chi connectivity index (χ1v) is 22.3. The maximum atomic E-state index is 13.1. The summed E-state index contributed by atoms with van der Waals surface area (Å²) in [6.45, 7) is -3.19. The summed E-state index contributed by atoms with van der Waals surface area (Å²) in [6, 6.07) is -1.95. The number of ether oxygens (including phenoxy) is 2. The average Bonchev–Trinajstić information content (AvgIpc) is 3.02. The zero-order chi connectivity index (χ0) is 44.4. The quantitative estimate of drug-likeness (QED) is 0.0602. The van der Waals surface area contributed by atoms with Crippen LogP contribution >= 0.6 is 0 Å². The molecule has 3 rings (SSSR count). The Morgan fingerprint density at radius 3 is 0.922 bits per heavy atom. The fourth-order valence-corrected chi connectivity index (χ4v) is 7.58. The third-order valence-corrected chi connectivity index (χ3v) is 9.69. The van der Waals surface area contributed by atoms with Crippen LogP contribution in [0.15, 0.2) is 24.3 Å². The second-order valence-corrected chi connectivity index (χ2v) is 17.1. The molecule has 44 heteroatoms. The molecule has 0 bridgehead atoms. The number of aliphatic hydroxyl groups is 2. The summed E-state index contributed by atoms with van der Waals surface area (Å²) in [5.74, 6) is -2.90. The van der Waals surface area contributed by atoms with E-state index in [0.29, 0.717) is 0 Å². The first-order valence-electron chi connectivity index (χ1n) is 14.3. The molecule has 0 saturated carbocycles. The van der Waals surface area contributed by atoms with E-state index in [1.54, 1.807) is 0 Å². The summed E-state index contributed by atoms with van der Waals surface area (Å²) in [7, 11) is -35.2. The van der Waals surface area contributed by atoms with E-state index in [0.717, 1.165) is 24.3 Å². The fourth-order valence-electron chi connectivity index (χ4n) is 4.96. The average molecular weight is 1100 g/mol. The van der Waals surface area contributed by atoms with Gasteiger partial charge in [-0.1, -0.05) is 0 Å². The van der Waals surface area contributed by atoms with E-state index in [2.05, 4.69) is 25.1 Å². The van der Waals surface area contributed by atoms with Crippen LogP contribution in [0.5, 0.6) is 0 Å². The van der Waals surface area contributed by atoms with E-state index < -0.39 is 160 Å². The molecule has 2 aliphatic rings. The Bertz CT molecular complexity index is 2200. The summed E-state index contributed by atoms with van der Waals surface area (Å²) in [4.78, 5) is 26.2. The van der Waals surface area contributed by atoms with Gasteiger partial charge in [0, 0.05) is 11.1 Å². The molecule has 0 unspecified atom stereocenters. The van der Waals surface area contributed by atoms with E-state index in [-0.39, 0.29) is 177 Å². The molecule has 2 aliphatic heterocycles. The van der Waals surface area contributed by atoms with Gasteiger partial charge in [-0.2, -0.15) is 0 Å². The normalized spacial score (nSPS) is 26.3. The molecule has 1 aromatic rings. The number of carbonyl (C=O) groups is 2. The Kier molecular flexibility index (Phi) is 34.3. The summed E-state index contributed by atoms with van der Waals surface area (Å²) in [6.07, 6.45) is -21.1. The maximum Gasteiger partial charge on any atom is 1.00 e. The minimum absolute atomic E-state index is 0. The topological polar surface area (TPSA) is 516 Å². The van der Waals surface area contributed by atoms with E-state index in [1.807, 2.05) is 10.6 Å². The molecule has 10 atom stereocenters. The molecule has 1 aromatic carbocycles. The third kappa shape index (κ3) is 26.3. The Hall–Kier alpha value is 3.22. The smallest absolute Gasteiger partial charge is 0.726 e. The van der Waals surface area contributed by atoms with Gasteiger partial charge in [-0.05, 0) is 24.3 Å². The van der Waals surface area contributed by atoms with Crippen LogP contribution in [0.1, 0.15) is 20.7 Å². The minimum Gasteiger partial charge on any atom is -0.726 e. The Balaban J connectivity index is -0.00000300. The van der Waals surface area contributed by atoms with E-state index >= 15 is 0 Å². The van der Waals surface area contributed by atoms with E-state index in [1.165, 1.54) is 0 Å². The fraction of sp³-hybridized carbons (Fsp3) is 0.600.